The van der Waals surface area contributed by atoms with Crippen molar-refractivity contribution in [2.45, 2.75) is 45.4 Å². The lowest BCUT2D eigenvalue weighted by Crippen LogP contribution is -2.36. The molecule has 3 rings (SSSR count). The first-order valence-electron chi connectivity index (χ1n) is 7.93. The van der Waals surface area contributed by atoms with Crippen molar-refractivity contribution in [1.82, 2.24) is 24.8 Å². The van der Waals surface area contributed by atoms with E-state index >= 15 is 0 Å². The highest BCUT2D eigenvalue weighted by Gasteiger charge is 2.39. The molecule has 2 atom stereocenters. The summed E-state index contributed by atoms with van der Waals surface area (Å²) < 4.78 is 12.4. The molecule has 130 valence electrons. The lowest BCUT2D eigenvalue weighted by atomic mass is 10.2. The molecule has 2 amide bonds. The van der Waals surface area contributed by atoms with Gasteiger partial charge in [-0.05, 0) is 20.8 Å². The number of hydrogen-bond donors (Lipinski definition) is 1. The summed E-state index contributed by atoms with van der Waals surface area (Å²) in [5, 5.41) is 11.0. The number of carbonyl (C=O) groups is 1. The van der Waals surface area contributed by atoms with Crippen molar-refractivity contribution in [3.8, 4) is 0 Å². The van der Waals surface area contributed by atoms with E-state index < -0.39 is 0 Å². The van der Waals surface area contributed by atoms with Crippen LogP contribution in [0.2, 0.25) is 0 Å². The van der Waals surface area contributed by atoms with E-state index in [1.165, 1.54) is 0 Å². The SMILES string of the molecule is CO[C@@H]1C[C@H](c2nc(C)no2)N(C(=O)Nc2ccnn2C(C)C)C1. The van der Waals surface area contributed by atoms with Crippen LogP contribution in [-0.2, 0) is 4.74 Å². The van der Waals surface area contributed by atoms with Crippen molar-refractivity contribution in [3.05, 3.63) is 24.0 Å². The molecule has 1 fully saturated rings. The van der Waals surface area contributed by atoms with Crippen molar-refractivity contribution >= 4 is 11.8 Å². The van der Waals surface area contributed by atoms with Gasteiger partial charge in [-0.2, -0.15) is 10.1 Å². The Labute approximate surface area is 140 Å². The standard InChI is InChI=1S/C15H22N6O3/c1-9(2)21-13(5-6-16-21)18-15(22)20-8-11(23-4)7-12(20)14-17-10(3)19-24-14/h5-6,9,11-12H,7-8H2,1-4H3,(H,18,22)/t11-,12-/m1/s1. The number of nitrogens with zero attached hydrogens (tertiary/aromatic N) is 5. The summed E-state index contributed by atoms with van der Waals surface area (Å²) in [6.45, 7) is 6.22. The summed E-state index contributed by atoms with van der Waals surface area (Å²) in [6, 6.07) is 1.38. The molecule has 2 aromatic heterocycles. The quantitative estimate of drug-likeness (QED) is 0.920. The van der Waals surface area contributed by atoms with Gasteiger partial charge in [0.2, 0.25) is 5.89 Å². The van der Waals surface area contributed by atoms with Gasteiger partial charge in [0.1, 0.15) is 11.9 Å². The van der Waals surface area contributed by atoms with Gasteiger partial charge in [0.05, 0.1) is 12.3 Å². The normalized spacial score (nSPS) is 20.8. The van der Waals surface area contributed by atoms with Gasteiger partial charge in [-0.25, -0.2) is 9.48 Å². The number of amides is 2. The van der Waals surface area contributed by atoms with Crippen LogP contribution in [0.4, 0.5) is 10.6 Å². The smallest absolute Gasteiger partial charge is 0.323 e. The fourth-order valence-corrected chi connectivity index (χ4v) is 2.88. The Morgan fingerprint density at radius 3 is 2.92 bits per heavy atom. The van der Waals surface area contributed by atoms with E-state index in [0.29, 0.717) is 30.5 Å². The minimum absolute atomic E-state index is 0.0667. The minimum Gasteiger partial charge on any atom is -0.380 e. The summed E-state index contributed by atoms with van der Waals surface area (Å²) in [4.78, 5) is 18.7. The highest BCUT2D eigenvalue weighted by Crippen LogP contribution is 2.33. The number of nitrogens with one attached hydrogen (secondary N) is 1. The second-order valence-electron chi connectivity index (χ2n) is 6.13. The molecule has 9 heteroatoms. The molecule has 1 saturated heterocycles. The molecule has 0 saturated carbocycles. The molecule has 0 bridgehead atoms. The number of ether oxygens (including phenoxy) is 1. The van der Waals surface area contributed by atoms with Crippen molar-refractivity contribution in [1.29, 1.82) is 0 Å². The van der Waals surface area contributed by atoms with Crippen LogP contribution in [0.5, 0.6) is 0 Å². The summed E-state index contributed by atoms with van der Waals surface area (Å²) in [6.07, 6.45) is 2.22. The maximum atomic E-state index is 12.8. The summed E-state index contributed by atoms with van der Waals surface area (Å²) in [5.74, 6) is 1.63. The molecule has 0 radical (unpaired) electrons. The van der Waals surface area contributed by atoms with E-state index in [0.717, 1.165) is 0 Å². The first-order chi connectivity index (χ1) is 11.5. The van der Waals surface area contributed by atoms with Crippen LogP contribution < -0.4 is 5.32 Å². The van der Waals surface area contributed by atoms with E-state index in [1.807, 2.05) is 13.8 Å². The van der Waals surface area contributed by atoms with Crippen LogP contribution in [0.25, 0.3) is 0 Å². The molecule has 0 aliphatic carbocycles. The lowest BCUT2D eigenvalue weighted by molar-refractivity contribution is 0.111. The van der Waals surface area contributed by atoms with Crippen molar-refractivity contribution in [2.75, 3.05) is 19.0 Å². The van der Waals surface area contributed by atoms with Crippen molar-refractivity contribution < 1.29 is 14.1 Å². The zero-order valence-electron chi connectivity index (χ0n) is 14.3. The van der Waals surface area contributed by atoms with Gasteiger partial charge in [-0.15, -0.1) is 0 Å². The largest absolute Gasteiger partial charge is 0.380 e. The number of carbonyl (C=O) groups excluding carboxylic acids is 1. The second kappa shape index (κ2) is 6.60. The maximum Gasteiger partial charge on any atom is 0.323 e. The van der Waals surface area contributed by atoms with Gasteiger partial charge in [0.15, 0.2) is 5.82 Å². The predicted octanol–water partition coefficient (Wildman–Crippen LogP) is 2.15. The van der Waals surface area contributed by atoms with E-state index in [4.69, 9.17) is 9.26 Å². The molecule has 1 N–H and O–H groups in total. The lowest BCUT2D eigenvalue weighted by Gasteiger charge is -2.22. The first-order valence-corrected chi connectivity index (χ1v) is 7.93. The third-order valence-electron chi connectivity index (χ3n) is 4.08. The number of aromatic nitrogens is 4. The predicted molar refractivity (Wildman–Crippen MR) is 85.5 cm³/mol. The third-order valence-corrected chi connectivity index (χ3v) is 4.08. The van der Waals surface area contributed by atoms with Crippen LogP contribution in [0, 0.1) is 6.92 Å². The topological polar surface area (TPSA) is 98.3 Å². The number of aryl methyl sites for hydroxylation is 1. The maximum absolute atomic E-state index is 12.8. The van der Waals surface area contributed by atoms with Gasteiger partial charge in [0, 0.05) is 32.2 Å². The molecule has 0 aromatic carbocycles. The zero-order valence-corrected chi connectivity index (χ0v) is 14.3. The van der Waals surface area contributed by atoms with Crippen molar-refractivity contribution in [2.24, 2.45) is 0 Å². The van der Waals surface area contributed by atoms with E-state index in [1.54, 1.807) is 35.9 Å². The fourth-order valence-electron chi connectivity index (χ4n) is 2.88. The van der Waals surface area contributed by atoms with Gasteiger partial charge in [0.25, 0.3) is 0 Å². The molecule has 0 unspecified atom stereocenters. The molecular weight excluding hydrogens is 312 g/mol. The van der Waals surface area contributed by atoms with Crippen LogP contribution in [0.1, 0.15) is 44.1 Å². The summed E-state index contributed by atoms with van der Waals surface area (Å²) >= 11 is 0. The molecule has 24 heavy (non-hydrogen) atoms. The summed E-state index contributed by atoms with van der Waals surface area (Å²) in [7, 11) is 1.63. The second-order valence-corrected chi connectivity index (χ2v) is 6.13. The first kappa shape index (κ1) is 16.4. The third kappa shape index (κ3) is 3.12. The van der Waals surface area contributed by atoms with Crippen molar-refractivity contribution in [3.63, 3.8) is 0 Å². The van der Waals surface area contributed by atoms with E-state index in [2.05, 4.69) is 20.6 Å². The number of anilines is 1. The van der Waals surface area contributed by atoms with Gasteiger partial charge < -0.3 is 14.2 Å². The number of likely N-dealkylation sites (tertiary alicyclic amines) is 1. The van der Waals surface area contributed by atoms with E-state index in [-0.39, 0.29) is 24.2 Å². The zero-order chi connectivity index (χ0) is 17.3. The highest BCUT2D eigenvalue weighted by molar-refractivity contribution is 5.89. The Bertz CT molecular complexity index is 710. The minimum atomic E-state index is -0.299. The van der Waals surface area contributed by atoms with E-state index in [9.17, 15) is 4.79 Å². The van der Waals surface area contributed by atoms with Crippen LogP contribution in [0.15, 0.2) is 16.8 Å². The highest BCUT2D eigenvalue weighted by atomic mass is 16.5. The Morgan fingerprint density at radius 2 is 2.29 bits per heavy atom. The molecule has 3 heterocycles. The van der Waals surface area contributed by atoms with Crippen LogP contribution in [-0.4, -0.2) is 50.6 Å². The number of methoxy groups -OCH3 is 1. The molecule has 2 aromatic rings. The Hall–Kier alpha value is -2.42. The number of hydrogen-bond acceptors (Lipinski definition) is 6. The molecule has 9 nitrogen and oxygen atoms in total. The molecular formula is C15H22N6O3. The molecule has 1 aliphatic rings. The monoisotopic (exact) mass is 334 g/mol. The Kier molecular flexibility index (Phi) is 4.52. The molecule has 1 aliphatic heterocycles. The van der Waals surface area contributed by atoms with Gasteiger partial charge in [-0.3, -0.25) is 5.32 Å². The average molecular weight is 334 g/mol. The van der Waals surface area contributed by atoms with Gasteiger partial charge in [-0.1, -0.05) is 5.16 Å². The molecule has 0 spiro atoms. The Balaban J connectivity index is 1.79. The summed E-state index contributed by atoms with van der Waals surface area (Å²) in [5.41, 5.74) is 0. The number of rotatable bonds is 4. The average Bonchev–Trinajstić information content (AvgIpc) is 3.25. The van der Waals surface area contributed by atoms with Gasteiger partial charge >= 0.3 is 6.03 Å². The number of urea groups is 1. The van der Waals surface area contributed by atoms with Crippen LogP contribution in [0.3, 0.4) is 0 Å². The van der Waals surface area contributed by atoms with Crippen LogP contribution >= 0.6 is 0 Å². The fraction of sp³-hybridized carbons (Fsp3) is 0.600. The Morgan fingerprint density at radius 1 is 1.50 bits per heavy atom.